The number of aromatic nitrogens is 2. The molecular weight excluding hydrogens is 392 g/mol. The summed E-state index contributed by atoms with van der Waals surface area (Å²) in [6, 6.07) is 16.9. The smallest absolute Gasteiger partial charge is 0.274 e. The monoisotopic (exact) mass is 414 g/mol. The molecule has 4 rings (SSSR count). The van der Waals surface area contributed by atoms with Crippen molar-refractivity contribution >= 4 is 23.0 Å². The molecule has 1 aromatic carbocycles. The summed E-state index contributed by atoms with van der Waals surface area (Å²) in [5.74, 6) is 0.344. The molecule has 0 radical (unpaired) electrons. The molecule has 1 fully saturated rings. The Hall–Kier alpha value is -4.12. The molecule has 3 aromatic rings. The fourth-order valence-electron chi connectivity index (χ4n) is 3.45. The number of nitriles is 1. The third kappa shape index (κ3) is 4.73. The molecule has 1 aliphatic rings. The van der Waals surface area contributed by atoms with E-state index in [1.165, 1.54) is 6.20 Å². The third-order valence-corrected chi connectivity index (χ3v) is 5.20. The Balaban J connectivity index is 1.33. The summed E-state index contributed by atoms with van der Waals surface area (Å²) < 4.78 is 5.06. The van der Waals surface area contributed by atoms with Gasteiger partial charge in [-0.3, -0.25) is 4.79 Å². The van der Waals surface area contributed by atoms with Crippen molar-refractivity contribution in [2.75, 3.05) is 48.4 Å². The van der Waals surface area contributed by atoms with E-state index >= 15 is 0 Å². The molecular formula is C23H22N6O2. The number of ether oxygens (including phenoxy) is 1. The van der Waals surface area contributed by atoms with Crippen LogP contribution in [0.3, 0.4) is 0 Å². The fourth-order valence-corrected chi connectivity index (χ4v) is 3.45. The number of amides is 1. The molecule has 0 atom stereocenters. The van der Waals surface area contributed by atoms with Gasteiger partial charge in [0, 0.05) is 37.6 Å². The number of nitrogens with zero attached hydrogens (tertiary/aromatic N) is 5. The first-order chi connectivity index (χ1) is 15.2. The van der Waals surface area contributed by atoms with Crippen LogP contribution < -0.4 is 19.9 Å². The van der Waals surface area contributed by atoms with Crippen LogP contribution in [0, 0.1) is 11.3 Å². The molecule has 1 saturated heterocycles. The standard InChI is InChI=1S/C23H22N6O2/c1-31-21-8-9-22(26-16-21)23(30)27-17-2-5-19(6-3-17)28-10-12-29(13-11-28)20-7-4-18(14-24)25-15-20/h2-9,15-16H,10-13H2,1H3,(H,27,30). The molecule has 31 heavy (non-hydrogen) atoms. The molecule has 0 aliphatic carbocycles. The zero-order chi connectivity index (χ0) is 21.6. The van der Waals surface area contributed by atoms with E-state index in [9.17, 15) is 4.79 Å². The number of piperazine rings is 1. The van der Waals surface area contributed by atoms with Gasteiger partial charge in [-0.25, -0.2) is 9.97 Å². The topological polar surface area (TPSA) is 94.4 Å². The first kappa shape index (κ1) is 20.2. The summed E-state index contributed by atoms with van der Waals surface area (Å²) in [5, 5.41) is 11.7. The van der Waals surface area contributed by atoms with Gasteiger partial charge in [-0.1, -0.05) is 0 Å². The van der Waals surface area contributed by atoms with E-state index in [0.717, 1.165) is 37.6 Å². The van der Waals surface area contributed by atoms with Gasteiger partial charge >= 0.3 is 0 Å². The summed E-state index contributed by atoms with van der Waals surface area (Å²) >= 11 is 0. The van der Waals surface area contributed by atoms with Crippen molar-refractivity contribution in [2.24, 2.45) is 0 Å². The number of anilines is 3. The van der Waals surface area contributed by atoms with Gasteiger partial charge in [0.1, 0.15) is 23.2 Å². The highest BCUT2D eigenvalue weighted by Crippen LogP contribution is 2.22. The third-order valence-electron chi connectivity index (χ3n) is 5.20. The Morgan fingerprint density at radius 1 is 0.935 bits per heavy atom. The van der Waals surface area contributed by atoms with E-state index in [4.69, 9.17) is 10.00 Å². The lowest BCUT2D eigenvalue weighted by molar-refractivity contribution is 0.102. The predicted molar refractivity (Wildman–Crippen MR) is 119 cm³/mol. The van der Waals surface area contributed by atoms with Gasteiger partial charge in [0.05, 0.1) is 25.2 Å². The van der Waals surface area contributed by atoms with Crippen molar-refractivity contribution in [1.29, 1.82) is 5.26 Å². The summed E-state index contributed by atoms with van der Waals surface area (Å²) in [5.41, 5.74) is 3.62. The zero-order valence-corrected chi connectivity index (χ0v) is 17.2. The highest BCUT2D eigenvalue weighted by molar-refractivity contribution is 6.02. The minimum Gasteiger partial charge on any atom is -0.495 e. The van der Waals surface area contributed by atoms with Crippen molar-refractivity contribution in [1.82, 2.24) is 9.97 Å². The molecule has 156 valence electrons. The van der Waals surface area contributed by atoms with Crippen LogP contribution in [0.5, 0.6) is 5.75 Å². The zero-order valence-electron chi connectivity index (χ0n) is 17.2. The molecule has 0 bridgehead atoms. The Labute approximate surface area is 180 Å². The summed E-state index contributed by atoms with van der Waals surface area (Å²) in [4.78, 5) is 25.2. The van der Waals surface area contributed by atoms with E-state index in [2.05, 4.69) is 25.1 Å². The molecule has 8 heteroatoms. The number of hydrogen-bond donors (Lipinski definition) is 1. The largest absolute Gasteiger partial charge is 0.495 e. The highest BCUT2D eigenvalue weighted by Gasteiger charge is 2.18. The molecule has 0 spiro atoms. The van der Waals surface area contributed by atoms with Crippen molar-refractivity contribution in [3.63, 3.8) is 0 Å². The summed E-state index contributed by atoms with van der Waals surface area (Å²) in [7, 11) is 1.56. The van der Waals surface area contributed by atoms with Crippen LogP contribution in [0.15, 0.2) is 60.9 Å². The van der Waals surface area contributed by atoms with Crippen molar-refractivity contribution in [3.8, 4) is 11.8 Å². The molecule has 0 saturated carbocycles. The maximum absolute atomic E-state index is 12.4. The highest BCUT2D eigenvalue weighted by atomic mass is 16.5. The summed E-state index contributed by atoms with van der Waals surface area (Å²) in [6.07, 6.45) is 3.27. The normalized spacial score (nSPS) is 13.4. The van der Waals surface area contributed by atoms with E-state index in [1.54, 1.807) is 31.5 Å². The molecule has 8 nitrogen and oxygen atoms in total. The van der Waals surface area contributed by atoms with Crippen LogP contribution in [0.4, 0.5) is 17.1 Å². The minimum absolute atomic E-state index is 0.264. The Kier molecular flexibility index (Phi) is 5.94. The fraction of sp³-hybridized carbons (Fsp3) is 0.217. The van der Waals surface area contributed by atoms with Gasteiger partial charge in [-0.15, -0.1) is 0 Å². The number of methoxy groups -OCH3 is 1. The van der Waals surface area contributed by atoms with Crippen LogP contribution in [-0.4, -0.2) is 49.2 Å². The lowest BCUT2D eigenvalue weighted by Gasteiger charge is -2.37. The van der Waals surface area contributed by atoms with Gasteiger partial charge in [0.15, 0.2) is 0 Å². The van der Waals surface area contributed by atoms with Gasteiger partial charge in [0.2, 0.25) is 0 Å². The van der Waals surface area contributed by atoms with Gasteiger partial charge in [0.25, 0.3) is 5.91 Å². The van der Waals surface area contributed by atoms with E-state index in [-0.39, 0.29) is 5.91 Å². The van der Waals surface area contributed by atoms with Crippen LogP contribution in [0.2, 0.25) is 0 Å². The first-order valence-electron chi connectivity index (χ1n) is 9.94. The number of rotatable bonds is 5. The van der Waals surface area contributed by atoms with E-state index in [1.807, 2.05) is 36.4 Å². The maximum atomic E-state index is 12.4. The van der Waals surface area contributed by atoms with Crippen LogP contribution in [0.25, 0.3) is 0 Å². The van der Waals surface area contributed by atoms with Crippen molar-refractivity contribution in [3.05, 3.63) is 72.3 Å². The molecule has 1 N–H and O–H groups in total. The second kappa shape index (κ2) is 9.13. The lowest BCUT2D eigenvalue weighted by atomic mass is 10.2. The maximum Gasteiger partial charge on any atom is 0.274 e. The van der Waals surface area contributed by atoms with E-state index in [0.29, 0.717) is 22.8 Å². The first-order valence-corrected chi connectivity index (χ1v) is 9.94. The van der Waals surface area contributed by atoms with Gasteiger partial charge in [-0.2, -0.15) is 5.26 Å². The lowest BCUT2D eigenvalue weighted by Crippen LogP contribution is -2.46. The van der Waals surface area contributed by atoms with Crippen LogP contribution >= 0.6 is 0 Å². The number of hydrogen-bond acceptors (Lipinski definition) is 7. The Bertz CT molecular complexity index is 1070. The number of carbonyl (C=O) groups excluding carboxylic acids is 1. The Morgan fingerprint density at radius 3 is 2.16 bits per heavy atom. The van der Waals surface area contributed by atoms with Crippen molar-refractivity contribution < 1.29 is 9.53 Å². The second-order valence-electron chi connectivity index (χ2n) is 7.07. The second-order valence-corrected chi connectivity index (χ2v) is 7.07. The molecule has 0 unspecified atom stereocenters. The van der Waals surface area contributed by atoms with Gasteiger partial charge < -0.3 is 19.9 Å². The number of benzene rings is 1. The molecule has 3 heterocycles. The Morgan fingerprint density at radius 2 is 1.61 bits per heavy atom. The summed E-state index contributed by atoms with van der Waals surface area (Å²) in [6.45, 7) is 3.49. The SMILES string of the molecule is COc1ccc(C(=O)Nc2ccc(N3CCN(c4ccc(C#N)nc4)CC3)cc2)nc1. The van der Waals surface area contributed by atoms with Crippen molar-refractivity contribution in [2.45, 2.75) is 0 Å². The minimum atomic E-state index is -0.264. The molecule has 2 aromatic heterocycles. The molecule has 1 amide bonds. The molecule has 1 aliphatic heterocycles. The van der Waals surface area contributed by atoms with Crippen LogP contribution in [-0.2, 0) is 0 Å². The van der Waals surface area contributed by atoms with Gasteiger partial charge in [-0.05, 0) is 48.5 Å². The van der Waals surface area contributed by atoms with Crippen LogP contribution in [0.1, 0.15) is 16.2 Å². The number of pyridine rings is 2. The predicted octanol–water partition coefficient (Wildman–Crippen LogP) is 2.94. The quantitative estimate of drug-likeness (QED) is 0.686. The number of carbonyl (C=O) groups is 1. The number of nitrogens with one attached hydrogen (secondary N) is 1. The average Bonchev–Trinajstić information content (AvgIpc) is 2.85. The van der Waals surface area contributed by atoms with E-state index < -0.39 is 0 Å². The average molecular weight is 414 g/mol.